The molecule has 1 atom stereocenters. The highest BCUT2D eigenvalue weighted by molar-refractivity contribution is 6.30. The van der Waals surface area contributed by atoms with Crippen molar-refractivity contribution in [2.24, 2.45) is 5.73 Å². The minimum Gasteiger partial charge on any atom is -0.338 e. The molecule has 1 unspecified atom stereocenters. The molecule has 6 heteroatoms. The van der Waals surface area contributed by atoms with E-state index in [2.05, 4.69) is 26.7 Å². The maximum atomic E-state index is 5.86. The van der Waals surface area contributed by atoms with Crippen LogP contribution in [0.3, 0.4) is 0 Å². The van der Waals surface area contributed by atoms with E-state index in [0.717, 1.165) is 38.7 Å². The van der Waals surface area contributed by atoms with E-state index in [9.17, 15) is 0 Å². The van der Waals surface area contributed by atoms with Crippen molar-refractivity contribution in [1.29, 1.82) is 0 Å². The van der Waals surface area contributed by atoms with Gasteiger partial charge in [0.1, 0.15) is 0 Å². The van der Waals surface area contributed by atoms with Gasteiger partial charge in [0.15, 0.2) is 0 Å². The fourth-order valence-electron chi connectivity index (χ4n) is 2.54. The van der Waals surface area contributed by atoms with E-state index in [0.29, 0.717) is 11.1 Å². The molecule has 1 aromatic heterocycles. The number of anilines is 1. The zero-order chi connectivity index (χ0) is 13.7. The lowest BCUT2D eigenvalue weighted by Gasteiger charge is -2.38. The van der Waals surface area contributed by atoms with E-state index in [1.165, 1.54) is 12.8 Å². The molecule has 1 aliphatic heterocycles. The van der Waals surface area contributed by atoms with E-state index >= 15 is 0 Å². The van der Waals surface area contributed by atoms with Crippen molar-refractivity contribution < 1.29 is 0 Å². The van der Waals surface area contributed by atoms with Gasteiger partial charge in [-0.05, 0) is 6.42 Å². The Kier molecular flexibility index (Phi) is 5.36. The number of nitrogens with two attached hydrogens (primary N) is 1. The molecule has 0 amide bonds. The van der Waals surface area contributed by atoms with E-state index in [1.807, 2.05) is 0 Å². The lowest BCUT2D eigenvalue weighted by molar-refractivity contribution is 0.179. The highest BCUT2D eigenvalue weighted by Crippen LogP contribution is 2.15. The van der Waals surface area contributed by atoms with E-state index in [-0.39, 0.29) is 0 Å². The minimum absolute atomic E-state index is 0.512. The van der Waals surface area contributed by atoms with Crippen LogP contribution in [0.2, 0.25) is 5.02 Å². The first-order valence-corrected chi connectivity index (χ1v) is 7.29. The average Bonchev–Trinajstić information content (AvgIpc) is 2.46. The highest BCUT2D eigenvalue weighted by Gasteiger charge is 2.23. The molecule has 106 valence electrons. The largest absolute Gasteiger partial charge is 0.338 e. The summed E-state index contributed by atoms with van der Waals surface area (Å²) in [5.74, 6) is 0.767. The summed E-state index contributed by atoms with van der Waals surface area (Å²) in [5, 5.41) is 0.577. The van der Waals surface area contributed by atoms with Crippen molar-refractivity contribution in [2.45, 2.75) is 25.8 Å². The van der Waals surface area contributed by atoms with Gasteiger partial charge in [-0.15, -0.1) is 0 Å². The summed E-state index contributed by atoms with van der Waals surface area (Å²) in [6, 6.07) is 0.512. The molecule has 1 aliphatic rings. The highest BCUT2D eigenvalue weighted by atomic mass is 35.5. The molecule has 0 bridgehead atoms. The molecule has 2 N–H and O–H groups in total. The molecular weight excluding hydrogens is 262 g/mol. The van der Waals surface area contributed by atoms with Crippen molar-refractivity contribution in [1.82, 2.24) is 14.9 Å². The summed E-state index contributed by atoms with van der Waals surface area (Å²) in [4.78, 5) is 13.2. The predicted octanol–water partition coefficient (Wildman–Crippen LogP) is 1.38. The Morgan fingerprint density at radius 3 is 2.42 bits per heavy atom. The number of piperazine rings is 1. The van der Waals surface area contributed by atoms with Crippen LogP contribution >= 0.6 is 11.6 Å². The smallest absolute Gasteiger partial charge is 0.225 e. The zero-order valence-electron chi connectivity index (χ0n) is 11.4. The van der Waals surface area contributed by atoms with E-state index in [1.54, 1.807) is 12.4 Å². The Morgan fingerprint density at radius 1 is 1.26 bits per heavy atom. The summed E-state index contributed by atoms with van der Waals surface area (Å²) in [7, 11) is 0. The van der Waals surface area contributed by atoms with Crippen molar-refractivity contribution >= 4 is 17.5 Å². The van der Waals surface area contributed by atoms with Gasteiger partial charge in [-0.2, -0.15) is 0 Å². The summed E-state index contributed by atoms with van der Waals surface area (Å²) in [6.45, 7) is 6.89. The van der Waals surface area contributed by atoms with Crippen molar-refractivity contribution in [3.05, 3.63) is 17.4 Å². The van der Waals surface area contributed by atoms with Gasteiger partial charge in [0.05, 0.1) is 17.4 Å². The second kappa shape index (κ2) is 7.03. The van der Waals surface area contributed by atoms with Crippen LogP contribution < -0.4 is 10.6 Å². The first-order chi connectivity index (χ1) is 9.24. The Balaban J connectivity index is 1.89. The van der Waals surface area contributed by atoms with E-state index in [4.69, 9.17) is 17.3 Å². The Labute approximate surface area is 119 Å². The van der Waals surface area contributed by atoms with Crippen LogP contribution in [0, 0.1) is 0 Å². The summed E-state index contributed by atoms with van der Waals surface area (Å²) in [5.41, 5.74) is 5.86. The molecule has 0 radical (unpaired) electrons. The number of hydrogen-bond donors (Lipinski definition) is 1. The fourth-order valence-corrected chi connectivity index (χ4v) is 2.64. The van der Waals surface area contributed by atoms with Gasteiger partial charge in [0.25, 0.3) is 0 Å². The monoisotopic (exact) mass is 283 g/mol. The van der Waals surface area contributed by atoms with Crippen LogP contribution in [-0.4, -0.2) is 53.6 Å². The number of halogens is 1. The van der Waals surface area contributed by atoms with Crippen molar-refractivity contribution in [3.8, 4) is 0 Å². The minimum atomic E-state index is 0.512. The number of nitrogens with zero attached hydrogens (tertiary/aromatic N) is 4. The summed E-state index contributed by atoms with van der Waals surface area (Å²) >= 11 is 5.80. The summed E-state index contributed by atoms with van der Waals surface area (Å²) in [6.07, 6.45) is 5.66. The van der Waals surface area contributed by atoms with Gasteiger partial charge in [-0.1, -0.05) is 24.9 Å². The molecule has 0 aromatic carbocycles. The van der Waals surface area contributed by atoms with Crippen molar-refractivity contribution in [2.75, 3.05) is 37.6 Å². The van der Waals surface area contributed by atoms with Crippen LogP contribution in [0.4, 0.5) is 5.95 Å². The quantitative estimate of drug-likeness (QED) is 0.885. The van der Waals surface area contributed by atoms with Gasteiger partial charge in [-0.3, -0.25) is 4.90 Å². The SMILES string of the molecule is CCCC(CN)N1CCN(c2ncc(Cl)cn2)CC1. The topological polar surface area (TPSA) is 58.3 Å². The molecule has 19 heavy (non-hydrogen) atoms. The van der Waals surface area contributed by atoms with Gasteiger partial charge in [-0.25, -0.2) is 9.97 Å². The standard InChI is InChI=1S/C13H22ClN5/c1-2-3-12(8-15)18-4-6-19(7-5-18)13-16-9-11(14)10-17-13/h9-10,12H,2-8,15H2,1H3. The molecule has 1 fully saturated rings. The zero-order valence-corrected chi connectivity index (χ0v) is 12.2. The average molecular weight is 284 g/mol. The summed E-state index contributed by atoms with van der Waals surface area (Å²) < 4.78 is 0. The number of aromatic nitrogens is 2. The lowest BCUT2D eigenvalue weighted by Crippen LogP contribution is -2.52. The molecule has 2 rings (SSSR count). The molecule has 0 aliphatic carbocycles. The second-order valence-corrected chi connectivity index (χ2v) is 5.34. The van der Waals surface area contributed by atoms with E-state index < -0.39 is 0 Å². The van der Waals surface area contributed by atoms with Crippen molar-refractivity contribution in [3.63, 3.8) is 0 Å². The van der Waals surface area contributed by atoms with Crippen LogP contribution in [0.5, 0.6) is 0 Å². The third-order valence-electron chi connectivity index (χ3n) is 3.61. The van der Waals surface area contributed by atoms with Gasteiger partial charge in [0.2, 0.25) is 5.95 Å². The number of hydrogen-bond acceptors (Lipinski definition) is 5. The third kappa shape index (κ3) is 3.78. The third-order valence-corrected chi connectivity index (χ3v) is 3.81. The van der Waals surface area contributed by atoms with Crippen LogP contribution in [0.25, 0.3) is 0 Å². The predicted molar refractivity (Wildman–Crippen MR) is 78.6 cm³/mol. The Morgan fingerprint density at radius 2 is 1.89 bits per heavy atom. The number of rotatable bonds is 5. The molecule has 1 saturated heterocycles. The molecule has 5 nitrogen and oxygen atoms in total. The Bertz CT molecular complexity index is 375. The van der Waals surface area contributed by atoms with Gasteiger partial charge < -0.3 is 10.6 Å². The normalized spacial score (nSPS) is 18.6. The molecule has 0 saturated carbocycles. The fraction of sp³-hybridized carbons (Fsp3) is 0.692. The lowest BCUT2D eigenvalue weighted by atomic mass is 10.1. The van der Waals surface area contributed by atoms with Crippen LogP contribution in [0.15, 0.2) is 12.4 Å². The first kappa shape index (κ1) is 14.5. The van der Waals surface area contributed by atoms with Crippen LogP contribution in [0.1, 0.15) is 19.8 Å². The molecule has 0 spiro atoms. The first-order valence-electron chi connectivity index (χ1n) is 6.91. The molecular formula is C13H22ClN5. The van der Waals surface area contributed by atoms with Gasteiger partial charge in [0, 0.05) is 38.8 Å². The van der Waals surface area contributed by atoms with Crippen LogP contribution in [-0.2, 0) is 0 Å². The van der Waals surface area contributed by atoms with Gasteiger partial charge >= 0.3 is 0 Å². The molecule has 2 heterocycles. The maximum Gasteiger partial charge on any atom is 0.225 e. The Hall–Kier alpha value is -0.910. The maximum absolute atomic E-state index is 5.86. The second-order valence-electron chi connectivity index (χ2n) is 4.90. The molecule has 1 aromatic rings.